The number of nitrogens with one attached hydrogen (secondary N) is 1. The first-order chi connectivity index (χ1) is 13.3. The number of amides is 1. The van der Waals surface area contributed by atoms with E-state index in [0.717, 1.165) is 43.9 Å². The van der Waals surface area contributed by atoms with Crippen molar-refractivity contribution in [2.24, 2.45) is 5.92 Å². The van der Waals surface area contributed by atoms with Gasteiger partial charge in [0, 0.05) is 18.8 Å². The molecule has 0 spiro atoms. The maximum atomic E-state index is 12.6. The van der Waals surface area contributed by atoms with Crippen LogP contribution >= 0.6 is 0 Å². The lowest BCUT2D eigenvalue weighted by molar-refractivity contribution is -0.127. The van der Waals surface area contributed by atoms with Gasteiger partial charge >= 0.3 is 0 Å². The van der Waals surface area contributed by atoms with E-state index >= 15 is 0 Å². The van der Waals surface area contributed by atoms with Gasteiger partial charge in [-0.2, -0.15) is 0 Å². The van der Waals surface area contributed by atoms with E-state index in [1.54, 1.807) is 12.5 Å². The first-order valence-corrected chi connectivity index (χ1v) is 9.17. The van der Waals surface area contributed by atoms with Gasteiger partial charge < -0.3 is 14.3 Å². The summed E-state index contributed by atoms with van der Waals surface area (Å²) in [5.41, 5.74) is 1.42. The van der Waals surface area contributed by atoms with Crippen LogP contribution in [-0.4, -0.2) is 34.0 Å². The average molecular weight is 366 g/mol. The highest BCUT2D eigenvalue weighted by Crippen LogP contribution is 2.20. The summed E-state index contributed by atoms with van der Waals surface area (Å²) in [5.74, 6) is 1.58. The highest BCUT2D eigenvalue weighted by molar-refractivity contribution is 5.78. The number of rotatable bonds is 6. The molecule has 1 fully saturated rings. The highest BCUT2D eigenvalue weighted by atomic mass is 16.5. The quantitative estimate of drug-likeness (QED) is 0.722. The van der Waals surface area contributed by atoms with Crippen LogP contribution in [0.2, 0.25) is 0 Å². The molecule has 4 rings (SSSR count). The van der Waals surface area contributed by atoms with E-state index in [0.29, 0.717) is 18.0 Å². The van der Waals surface area contributed by atoms with Crippen molar-refractivity contribution < 1.29 is 13.7 Å². The fraction of sp³-hybridized carbons (Fsp3) is 0.350. The Labute approximate surface area is 157 Å². The van der Waals surface area contributed by atoms with Gasteiger partial charge in [-0.3, -0.25) is 14.7 Å². The molecule has 7 nitrogen and oxygen atoms in total. The van der Waals surface area contributed by atoms with Crippen molar-refractivity contribution in [3.8, 4) is 11.4 Å². The second-order valence-corrected chi connectivity index (χ2v) is 6.76. The van der Waals surface area contributed by atoms with Gasteiger partial charge in [-0.15, -0.1) is 0 Å². The van der Waals surface area contributed by atoms with Crippen molar-refractivity contribution in [3.05, 3.63) is 60.4 Å². The third kappa shape index (κ3) is 4.43. The number of hydrogen-bond donors (Lipinski definition) is 1. The Morgan fingerprint density at radius 2 is 2.19 bits per heavy atom. The lowest BCUT2D eigenvalue weighted by Crippen LogP contribution is -2.42. The van der Waals surface area contributed by atoms with Crippen molar-refractivity contribution in [2.45, 2.75) is 25.9 Å². The number of pyridine rings is 1. The standard InChI is InChI=1S/C20H22N4O3/c25-20(15-5-3-9-24(13-15)14-16-6-4-10-26-16)22-12-17-11-19(23-27-17)18-7-1-2-8-21-18/h1-2,4,6-8,10-11,15H,3,5,9,12-14H2,(H,22,25). The van der Waals surface area contributed by atoms with Crippen LogP contribution in [-0.2, 0) is 17.9 Å². The third-order valence-corrected chi connectivity index (χ3v) is 4.76. The number of aromatic nitrogens is 2. The van der Waals surface area contributed by atoms with Crippen LogP contribution in [0.5, 0.6) is 0 Å². The largest absolute Gasteiger partial charge is 0.468 e. The topological polar surface area (TPSA) is 84.4 Å². The Kier molecular flexibility index (Phi) is 5.29. The van der Waals surface area contributed by atoms with Gasteiger partial charge in [0.1, 0.15) is 11.5 Å². The highest BCUT2D eigenvalue weighted by Gasteiger charge is 2.26. The summed E-state index contributed by atoms with van der Waals surface area (Å²) in [6.07, 6.45) is 5.30. The Balaban J connectivity index is 1.29. The molecule has 3 aromatic rings. The molecule has 1 atom stereocenters. The molecule has 0 saturated carbocycles. The van der Waals surface area contributed by atoms with Crippen LogP contribution in [0.15, 0.2) is 57.8 Å². The van der Waals surface area contributed by atoms with Crippen LogP contribution in [0.1, 0.15) is 24.4 Å². The van der Waals surface area contributed by atoms with Gasteiger partial charge in [-0.1, -0.05) is 11.2 Å². The summed E-state index contributed by atoms with van der Waals surface area (Å²) in [4.78, 5) is 19.1. The zero-order valence-corrected chi connectivity index (χ0v) is 15.0. The Bertz CT molecular complexity index is 861. The number of hydrogen-bond acceptors (Lipinski definition) is 6. The molecule has 1 unspecified atom stereocenters. The normalized spacial score (nSPS) is 17.7. The van der Waals surface area contributed by atoms with Gasteiger partial charge in [0.15, 0.2) is 5.76 Å². The van der Waals surface area contributed by atoms with Crippen LogP contribution in [0.25, 0.3) is 11.4 Å². The zero-order valence-electron chi connectivity index (χ0n) is 15.0. The van der Waals surface area contributed by atoms with Gasteiger partial charge in [-0.25, -0.2) is 0 Å². The maximum Gasteiger partial charge on any atom is 0.224 e. The molecule has 1 N–H and O–H groups in total. The van der Waals surface area contributed by atoms with E-state index in [2.05, 4.69) is 20.4 Å². The molecular formula is C20H22N4O3. The van der Waals surface area contributed by atoms with E-state index < -0.39 is 0 Å². The summed E-state index contributed by atoms with van der Waals surface area (Å²) in [6.45, 7) is 2.79. The molecule has 1 saturated heterocycles. The van der Waals surface area contributed by atoms with E-state index in [9.17, 15) is 4.79 Å². The smallest absolute Gasteiger partial charge is 0.224 e. The van der Waals surface area contributed by atoms with Crippen molar-refractivity contribution in [2.75, 3.05) is 13.1 Å². The Hall–Kier alpha value is -2.93. The van der Waals surface area contributed by atoms with Crippen LogP contribution in [0, 0.1) is 5.92 Å². The minimum Gasteiger partial charge on any atom is -0.468 e. The van der Waals surface area contributed by atoms with Gasteiger partial charge in [0.05, 0.1) is 31.0 Å². The predicted molar refractivity (Wildman–Crippen MR) is 98.3 cm³/mol. The first-order valence-electron chi connectivity index (χ1n) is 9.17. The molecule has 0 radical (unpaired) electrons. The molecule has 1 aliphatic rings. The van der Waals surface area contributed by atoms with Crippen LogP contribution in [0.3, 0.4) is 0 Å². The molecule has 27 heavy (non-hydrogen) atoms. The Morgan fingerprint density at radius 1 is 1.22 bits per heavy atom. The minimum absolute atomic E-state index is 0.0214. The minimum atomic E-state index is -0.0214. The molecule has 0 bridgehead atoms. The number of carbonyl (C=O) groups is 1. The Morgan fingerprint density at radius 3 is 3.00 bits per heavy atom. The van der Waals surface area contributed by atoms with Crippen molar-refractivity contribution in [1.29, 1.82) is 0 Å². The van der Waals surface area contributed by atoms with Gasteiger partial charge in [-0.05, 0) is 43.7 Å². The molecule has 1 aliphatic heterocycles. The van der Waals surface area contributed by atoms with E-state index in [1.165, 1.54) is 0 Å². The number of carbonyl (C=O) groups excluding carboxylic acids is 1. The summed E-state index contributed by atoms with van der Waals surface area (Å²) >= 11 is 0. The lowest BCUT2D eigenvalue weighted by Gasteiger charge is -2.31. The molecular weight excluding hydrogens is 344 g/mol. The predicted octanol–water partition coefficient (Wildman–Crippen LogP) is 2.86. The number of furan rings is 1. The lowest BCUT2D eigenvalue weighted by atomic mass is 9.97. The first kappa shape index (κ1) is 17.5. The molecule has 7 heteroatoms. The molecule has 1 amide bonds. The van der Waals surface area contributed by atoms with Gasteiger partial charge in [0.25, 0.3) is 0 Å². The van der Waals surface area contributed by atoms with Crippen LogP contribution in [0.4, 0.5) is 0 Å². The second kappa shape index (κ2) is 8.18. The van der Waals surface area contributed by atoms with E-state index in [1.807, 2.05) is 36.4 Å². The molecule has 3 aromatic heterocycles. The van der Waals surface area contributed by atoms with Crippen molar-refractivity contribution >= 4 is 5.91 Å². The molecule has 0 aromatic carbocycles. The van der Waals surface area contributed by atoms with Gasteiger partial charge in [0.2, 0.25) is 5.91 Å². The zero-order chi connectivity index (χ0) is 18.5. The number of nitrogens with zero attached hydrogens (tertiary/aromatic N) is 3. The molecule has 0 aliphatic carbocycles. The summed E-state index contributed by atoms with van der Waals surface area (Å²) in [5, 5.41) is 6.99. The maximum absolute atomic E-state index is 12.6. The molecule has 4 heterocycles. The fourth-order valence-electron chi connectivity index (χ4n) is 3.39. The van der Waals surface area contributed by atoms with E-state index in [-0.39, 0.29) is 11.8 Å². The third-order valence-electron chi connectivity index (χ3n) is 4.76. The number of likely N-dealkylation sites (tertiary alicyclic amines) is 1. The summed E-state index contributed by atoms with van der Waals surface area (Å²) < 4.78 is 10.7. The van der Waals surface area contributed by atoms with E-state index in [4.69, 9.17) is 8.94 Å². The van der Waals surface area contributed by atoms with Crippen LogP contribution < -0.4 is 5.32 Å². The summed E-state index contributed by atoms with van der Waals surface area (Å²) in [6, 6.07) is 11.3. The average Bonchev–Trinajstić information content (AvgIpc) is 3.39. The fourth-order valence-corrected chi connectivity index (χ4v) is 3.39. The molecule has 140 valence electrons. The monoisotopic (exact) mass is 366 g/mol. The summed E-state index contributed by atoms with van der Waals surface area (Å²) in [7, 11) is 0. The number of piperidine rings is 1. The van der Waals surface area contributed by atoms with Crippen molar-refractivity contribution in [1.82, 2.24) is 20.4 Å². The second-order valence-electron chi connectivity index (χ2n) is 6.76. The van der Waals surface area contributed by atoms with Crippen molar-refractivity contribution in [3.63, 3.8) is 0 Å². The SMILES string of the molecule is O=C(NCc1cc(-c2ccccn2)no1)C1CCCN(Cc2ccco2)C1.